The zero-order chi connectivity index (χ0) is 24.2. The van der Waals surface area contributed by atoms with Gasteiger partial charge < -0.3 is 14.2 Å². The van der Waals surface area contributed by atoms with Crippen LogP contribution in [0, 0.1) is 0 Å². The highest BCUT2D eigenvalue weighted by atomic mass is 16.7. The molecule has 0 radical (unpaired) electrons. The summed E-state index contributed by atoms with van der Waals surface area (Å²) in [5.74, 6) is 0. The van der Waals surface area contributed by atoms with Gasteiger partial charge in [-0.05, 0) is 65.2 Å². The third-order valence-electron chi connectivity index (χ3n) is 5.55. The zero-order valence-corrected chi connectivity index (χ0v) is 22.3. The van der Waals surface area contributed by atoms with Gasteiger partial charge in [0, 0.05) is 0 Å². The quantitative estimate of drug-likeness (QED) is 0.0812. The van der Waals surface area contributed by atoms with E-state index >= 15 is 0 Å². The predicted octanol–water partition coefficient (Wildman–Crippen LogP) is 9.45. The largest absolute Gasteiger partial charge is 0.352 e. The van der Waals surface area contributed by atoms with E-state index < -0.39 is 0 Å². The molecule has 0 bridgehead atoms. The first kappa shape index (κ1) is 31.8. The minimum Gasteiger partial charge on any atom is -0.352 e. The maximum atomic E-state index is 5.73. The molecule has 3 nitrogen and oxygen atoms in total. The van der Waals surface area contributed by atoms with E-state index in [0.29, 0.717) is 13.6 Å². The summed E-state index contributed by atoms with van der Waals surface area (Å²) in [7, 11) is 0. The lowest BCUT2D eigenvalue weighted by Gasteiger charge is -2.15. The molecule has 0 aliphatic heterocycles. The number of allylic oxidation sites excluding steroid dienone is 8. The smallest absolute Gasteiger partial charge is 0.149 e. The Morgan fingerprint density at radius 3 is 1.24 bits per heavy atom. The third kappa shape index (κ3) is 27.0. The average molecular weight is 463 g/mol. The van der Waals surface area contributed by atoms with Crippen LogP contribution in [0.2, 0.25) is 0 Å². The Kier molecular flexibility index (Phi) is 26.1. The summed E-state index contributed by atoms with van der Waals surface area (Å²) in [5, 5.41) is 0. The molecule has 0 saturated heterocycles. The van der Waals surface area contributed by atoms with Crippen molar-refractivity contribution in [2.24, 2.45) is 0 Å². The summed E-state index contributed by atoms with van der Waals surface area (Å²) in [5.41, 5.74) is 0. The van der Waals surface area contributed by atoms with Crippen molar-refractivity contribution < 1.29 is 14.2 Å². The van der Waals surface area contributed by atoms with E-state index in [1.165, 1.54) is 64.2 Å². The minimum atomic E-state index is 0.231. The van der Waals surface area contributed by atoms with Crippen molar-refractivity contribution in [3.8, 4) is 0 Å². The van der Waals surface area contributed by atoms with Crippen molar-refractivity contribution in [1.29, 1.82) is 0 Å². The van der Waals surface area contributed by atoms with Crippen LogP contribution in [0.5, 0.6) is 0 Å². The minimum absolute atomic E-state index is 0.231. The molecule has 192 valence electrons. The molecule has 0 aromatic carbocycles. The Morgan fingerprint density at radius 1 is 0.515 bits per heavy atom. The van der Waals surface area contributed by atoms with Crippen LogP contribution in [0.25, 0.3) is 0 Å². The topological polar surface area (TPSA) is 27.7 Å². The molecule has 0 rings (SSSR count). The van der Waals surface area contributed by atoms with Crippen molar-refractivity contribution in [3.63, 3.8) is 0 Å². The third-order valence-corrected chi connectivity index (χ3v) is 5.55. The first-order chi connectivity index (χ1) is 16.2. The van der Waals surface area contributed by atoms with Crippen LogP contribution in [-0.4, -0.2) is 25.8 Å². The van der Waals surface area contributed by atoms with Gasteiger partial charge in [-0.1, -0.05) is 101 Å². The second-order valence-corrected chi connectivity index (χ2v) is 8.96. The van der Waals surface area contributed by atoms with Crippen LogP contribution < -0.4 is 0 Å². The Labute approximate surface area is 206 Å². The van der Waals surface area contributed by atoms with Crippen molar-refractivity contribution in [1.82, 2.24) is 0 Å². The number of ether oxygens (including phenoxy) is 3. The van der Waals surface area contributed by atoms with E-state index in [4.69, 9.17) is 14.2 Å². The molecular weight excluding hydrogens is 408 g/mol. The maximum Gasteiger partial charge on any atom is 0.149 e. The van der Waals surface area contributed by atoms with Crippen LogP contribution >= 0.6 is 0 Å². The van der Waals surface area contributed by atoms with Crippen LogP contribution in [0.4, 0.5) is 0 Å². The lowest BCUT2D eigenvalue weighted by Crippen LogP contribution is -2.15. The Morgan fingerprint density at radius 2 is 0.879 bits per heavy atom. The Balaban J connectivity index is 3.44. The molecule has 3 heteroatoms. The fourth-order valence-corrected chi connectivity index (χ4v) is 3.26. The van der Waals surface area contributed by atoms with Gasteiger partial charge in [0.2, 0.25) is 0 Å². The SMILES string of the molecule is CCCCC=CC=CCCCCC(C)OCOCOC(C)CCCCC=CC=CCCCC. The highest BCUT2D eigenvalue weighted by Crippen LogP contribution is 2.09. The molecule has 2 atom stereocenters. The monoisotopic (exact) mass is 462 g/mol. The van der Waals surface area contributed by atoms with Gasteiger partial charge in [0.25, 0.3) is 0 Å². The van der Waals surface area contributed by atoms with Gasteiger partial charge in [0.1, 0.15) is 13.6 Å². The molecular formula is C30H54O3. The zero-order valence-electron chi connectivity index (χ0n) is 22.3. The number of hydrogen-bond acceptors (Lipinski definition) is 3. The maximum absolute atomic E-state index is 5.73. The van der Waals surface area contributed by atoms with Crippen molar-refractivity contribution in [2.45, 2.75) is 130 Å². The van der Waals surface area contributed by atoms with Crippen molar-refractivity contribution in [3.05, 3.63) is 48.6 Å². The van der Waals surface area contributed by atoms with Crippen LogP contribution in [-0.2, 0) is 14.2 Å². The summed E-state index contributed by atoms with van der Waals surface area (Å²) in [4.78, 5) is 0. The fraction of sp³-hybridized carbons (Fsp3) is 0.733. The molecule has 33 heavy (non-hydrogen) atoms. The molecule has 0 N–H and O–H groups in total. The van der Waals surface area contributed by atoms with E-state index in [0.717, 1.165) is 25.7 Å². The van der Waals surface area contributed by atoms with Crippen LogP contribution in [0.15, 0.2) is 48.6 Å². The second kappa shape index (κ2) is 27.1. The van der Waals surface area contributed by atoms with Gasteiger partial charge >= 0.3 is 0 Å². The van der Waals surface area contributed by atoms with Crippen LogP contribution in [0.1, 0.15) is 118 Å². The van der Waals surface area contributed by atoms with E-state index in [2.05, 4.69) is 76.3 Å². The van der Waals surface area contributed by atoms with Crippen molar-refractivity contribution >= 4 is 0 Å². The second-order valence-electron chi connectivity index (χ2n) is 8.96. The molecule has 0 fully saturated rings. The molecule has 0 aliphatic carbocycles. The van der Waals surface area contributed by atoms with E-state index in [1.54, 1.807) is 0 Å². The molecule has 0 spiro atoms. The highest BCUT2D eigenvalue weighted by molar-refractivity contribution is 5.02. The molecule has 0 aromatic rings. The van der Waals surface area contributed by atoms with Gasteiger partial charge in [-0.15, -0.1) is 0 Å². The molecule has 0 aliphatic rings. The average Bonchev–Trinajstić information content (AvgIpc) is 2.81. The summed E-state index contributed by atoms with van der Waals surface area (Å²) in [6, 6.07) is 0. The Hall–Kier alpha value is -1.16. The lowest BCUT2D eigenvalue weighted by atomic mass is 10.1. The summed E-state index contributed by atoms with van der Waals surface area (Å²) in [6.45, 7) is 9.32. The van der Waals surface area contributed by atoms with Gasteiger partial charge in [-0.25, -0.2) is 0 Å². The van der Waals surface area contributed by atoms with E-state index in [-0.39, 0.29) is 12.2 Å². The first-order valence-corrected chi connectivity index (χ1v) is 13.6. The molecule has 0 aromatic heterocycles. The lowest BCUT2D eigenvalue weighted by molar-refractivity contribution is -0.161. The fourth-order valence-electron chi connectivity index (χ4n) is 3.26. The molecule has 2 unspecified atom stereocenters. The highest BCUT2D eigenvalue weighted by Gasteiger charge is 2.04. The summed E-state index contributed by atoms with van der Waals surface area (Å²) in [6.07, 6.45) is 34.9. The van der Waals surface area contributed by atoms with E-state index in [1.807, 2.05) is 0 Å². The standard InChI is InChI=1S/C30H54O3/c1-5-7-9-11-13-15-17-19-21-23-25-29(3)32-27-31-28-33-30(4)26-24-22-20-18-16-14-12-10-8-6-2/h11-18,29-30H,5-10,19-28H2,1-4H3. The van der Waals surface area contributed by atoms with Gasteiger partial charge in [-0.3, -0.25) is 0 Å². The van der Waals surface area contributed by atoms with Crippen LogP contribution in [0.3, 0.4) is 0 Å². The van der Waals surface area contributed by atoms with Gasteiger partial charge in [0.15, 0.2) is 0 Å². The molecule has 0 heterocycles. The number of unbranched alkanes of at least 4 members (excludes halogenated alkanes) is 8. The normalized spacial score (nSPS) is 14.4. The number of hydrogen-bond donors (Lipinski definition) is 0. The molecule has 0 amide bonds. The Bertz CT molecular complexity index is 449. The summed E-state index contributed by atoms with van der Waals surface area (Å²) >= 11 is 0. The molecule has 0 saturated carbocycles. The van der Waals surface area contributed by atoms with E-state index in [9.17, 15) is 0 Å². The summed E-state index contributed by atoms with van der Waals surface area (Å²) < 4.78 is 16.9. The predicted molar refractivity (Wildman–Crippen MR) is 144 cm³/mol. The van der Waals surface area contributed by atoms with Crippen molar-refractivity contribution in [2.75, 3.05) is 13.6 Å². The van der Waals surface area contributed by atoms with Gasteiger partial charge in [0.05, 0.1) is 12.2 Å². The van der Waals surface area contributed by atoms with Gasteiger partial charge in [-0.2, -0.15) is 0 Å². The first-order valence-electron chi connectivity index (χ1n) is 13.6. The number of rotatable bonds is 24.